The number of aliphatic imine (C=N–C) groups is 1. The first-order chi connectivity index (χ1) is 12.0. The molecule has 0 atom stereocenters. The van der Waals surface area contributed by atoms with E-state index in [1.54, 1.807) is 21.3 Å². The number of hydrogen-bond acceptors (Lipinski definition) is 4. The minimum absolute atomic E-state index is 0.652. The number of nitrogens with one attached hydrogen (secondary N) is 2. The van der Waals surface area contributed by atoms with E-state index in [2.05, 4.69) is 36.4 Å². The number of hydrogen-bond donors (Lipinski definition) is 2. The third kappa shape index (κ3) is 7.11. The fraction of sp³-hybridized carbons (Fsp3) is 0.632. The smallest absolute Gasteiger partial charge is 0.191 e. The van der Waals surface area contributed by atoms with Crippen LogP contribution in [-0.2, 0) is 6.42 Å². The van der Waals surface area contributed by atoms with E-state index in [0.717, 1.165) is 55.5 Å². The zero-order valence-corrected chi connectivity index (χ0v) is 16.4. The van der Waals surface area contributed by atoms with Gasteiger partial charge in [-0.2, -0.15) is 0 Å². The van der Waals surface area contributed by atoms with Crippen molar-refractivity contribution in [2.45, 2.75) is 33.6 Å². The normalized spacial score (nSPS) is 11.4. The second-order valence-electron chi connectivity index (χ2n) is 6.13. The molecule has 0 aliphatic carbocycles. The Kier molecular flexibility index (Phi) is 9.58. The van der Waals surface area contributed by atoms with Crippen molar-refractivity contribution >= 4 is 5.96 Å². The number of rotatable bonds is 10. The molecule has 2 N–H and O–H groups in total. The summed E-state index contributed by atoms with van der Waals surface area (Å²) in [6, 6.07) is 3.75. The third-order valence-corrected chi connectivity index (χ3v) is 3.81. The van der Waals surface area contributed by atoms with Crippen molar-refractivity contribution in [3.63, 3.8) is 0 Å². The van der Waals surface area contributed by atoms with Gasteiger partial charge in [0, 0.05) is 37.3 Å². The second kappa shape index (κ2) is 11.4. The number of methoxy groups -OCH3 is 3. The first-order valence-electron chi connectivity index (χ1n) is 8.86. The van der Waals surface area contributed by atoms with Gasteiger partial charge in [0.15, 0.2) is 5.96 Å². The van der Waals surface area contributed by atoms with Gasteiger partial charge in [-0.25, -0.2) is 0 Å². The van der Waals surface area contributed by atoms with E-state index in [1.165, 1.54) is 0 Å². The molecule has 1 aromatic carbocycles. The zero-order valence-electron chi connectivity index (χ0n) is 16.4. The molecule has 1 aromatic rings. The Bertz CT molecular complexity index is 520. The molecule has 0 bridgehead atoms. The van der Waals surface area contributed by atoms with Gasteiger partial charge >= 0.3 is 0 Å². The van der Waals surface area contributed by atoms with Gasteiger partial charge < -0.3 is 24.8 Å². The molecule has 0 saturated heterocycles. The van der Waals surface area contributed by atoms with Crippen LogP contribution in [0, 0.1) is 5.92 Å². The maximum atomic E-state index is 5.49. The number of ether oxygens (including phenoxy) is 3. The molecule has 1 rings (SSSR count). The molecule has 0 unspecified atom stereocenters. The van der Waals surface area contributed by atoms with Crippen LogP contribution < -0.4 is 24.8 Å². The molecule has 0 aliphatic heterocycles. The Morgan fingerprint density at radius 3 is 2.16 bits per heavy atom. The lowest BCUT2D eigenvalue weighted by Gasteiger charge is -2.16. The summed E-state index contributed by atoms with van der Waals surface area (Å²) in [5, 5.41) is 6.65. The maximum absolute atomic E-state index is 5.49. The standard InChI is InChI=1S/C19H33N3O3/c1-7-20-19(21-10-8-14(2)3)22-11-9-16-17(24-5)12-15(23-4)13-18(16)25-6/h12-14H,7-11H2,1-6H3,(H2,20,21,22). The molecule has 25 heavy (non-hydrogen) atoms. The summed E-state index contributed by atoms with van der Waals surface area (Å²) in [6.45, 7) is 8.86. The lowest BCUT2D eigenvalue weighted by molar-refractivity contribution is 0.368. The summed E-state index contributed by atoms with van der Waals surface area (Å²) in [6.07, 6.45) is 1.83. The summed E-state index contributed by atoms with van der Waals surface area (Å²) in [5.74, 6) is 3.74. The molecule has 0 heterocycles. The Labute approximate surface area is 152 Å². The molecule has 142 valence electrons. The molecular weight excluding hydrogens is 318 g/mol. The monoisotopic (exact) mass is 351 g/mol. The first kappa shape index (κ1) is 20.9. The molecule has 0 spiro atoms. The van der Waals surface area contributed by atoms with Gasteiger partial charge in [0.25, 0.3) is 0 Å². The highest BCUT2D eigenvalue weighted by atomic mass is 16.5. The quantitative estimate of drug-likeness (QED) is 0.501. The minimum Gasteiger partial charge on any atom is -0.496 e. The third-order valence-electron chi connectivity index (χ3n) is 3.81. The Morgan fingerprint density at radius 2 is 1.68 bits per heavy atom. The summed E-state index contributed by atoms with van der Waals surface area (Å²) in [7, 11) is 4.94. The molecule has 0 aliphatic rings. The van der Waals surface area contributed by atoms with Crippen LogP contribution in [0.3, 0.4) is 0 Å². The highest BCUT2D eigenvalue weighted by molar-refractivity contribution is 5.79. The van der Waals surface area contributed by atoms with Gasteiger partial charge in [-0.3, -0.25) is 4.99 Å². The van der Waals surface area contributed by atoms with Gasteiger partial charge in [-0.15, -0.1) is 0 Å². The van der Waals surface area contributed by atoms with E-state index in [0.29, 0.717) is 11.7 Å². The van der Waals surface area contributed by atoms with Crippen molar-refractivity contribution in [1.29, 1.82) is 0 Å². The predicted molar refractivity (Wildman–Crippen MR) is 103 cm³/mol. The van der Waals surface area contributed by atoms with Crippen molar-refractivity contribution in [2.24, 2.45) is 10.9 Å². The maximum Gasteiger partial charge on any atom is 0.191 e. The van der Waals surface area contributed by atoms with E-state index >= 15 is 0 Å². The highest BCUT2D eigenvalue weighted by Gasteiger charge is 2.13. The fourth-order valence-corrected chi connectivity index (χ4v) is 2.41. The van der Waals surface area contributed by atoms with Crippen LogP contribution in [0.5, 0.6) is 17.2 Å². The molecule has 0 fully saturated rings. The van der Waals surface area contributed by atoms with Crippen molar-refractivity contribution in [2.75, 3.05) is 41.0 Å². The topological polar surface area (TPSA) is 64.1 Å². The van der Waals surface area contributed by atoms with E-state index in [1.807, 2.05) is 12.1 Å². The molecule has 0 aromatic heterocycles. The van der Waals surface area contributed by atoms with Crippen LogP contribution in [-0.4, -0.2) is 46.9 Å². The Balaban J connectivity index is 2.75. The molecule has 0 amide bonds. The minimum atomic E-state index is 0.652. The van der Waals surface area contributed by atoms with Crippen molar-refractivity contribution in [3.05, 3.63) is 17.7 Å². The molecular formula is C19H33N3O3. The number of nitrogens with zero attached hydrogens (tertiary/aromatic N) is 1. The summed E-state index contributed by atoms with van der Waals surface area (Å²) >= 11 is 0. The number of benzene rings is 1. The first-order valence-corrected chi connectivity index (χ1v) is 8.86. The van der Waals surface area contributed by atoms with Crippen LogP contribution in [0.15, 0.2) is 17.1 Å². The lowest BCUT2D eigenvalue weighted by atomic mass is 10.1. The largest absolute Gasteiger partial charge is 0.496 e. The average Bonchev–Trinajstić information content (AvgIpc) is 2.61. The predicted octanol–water partition coefficient (Wildman–Crippen LogP) is 2.86. The molecule has 0 saturated carbocycles. The highest BCUT2D eigenvalue weighted by Crippen LogP contribution is 2.34. The molecule has 6 nitrogen and oxygen atoms in total. The average molecular weight is 351 g/mol. The van der Waals surface area contributed by atoms with Crippen molar-refractivity contribution in [3.8, 4) is 17.2 Å². The van der Waals surface area contributed by atoms with E-state index < -0.39 is 0 Å². The van der Waals surface area contributed by atoms with Crippen molar-refractivity contribution < 1.29 is 14.2 Å². The Hall–Kier alpha value is -2.11. The zero-order chi connectivity index (χ0) is 18.7. The van der Waals surface area contributed by atoms with Gasteiger partial charge in [-0.05, 0) is 25.7 Å². The SMILES string of the molecule is CCNC(=NCCC(C)C)NCCc1c(OC)cc(OC)cc1OC. The summed E-state index contributed by atoms with van der Waals surface area (Å²) in [4.78, 5) is 4.61. The number of guanidine groups is 1. The van der Waals surface area contributed by atoms with E-state index in [9.17, 15) is 0 Å². The van der Waals surface area contributed by atoms with Crippen LogP contribution in [0.2, 0.25) is 0 Å². The van der Waals surface area contributed by atoms with Gasteiger partial charge in [0.05, 0.1) is 21.3 Å². The van der Waals surface area contributed by atoms with Crippen LogP contribution in [0.25, 0.3) is 0 Å². The Morgan fingerprint density at radius 1 is 1.04 bits per heavy atom. The fourth-order valence-electron chi connectivity index (χ4n) is 2.41. The van der Waals surface area contributed by atoms with E-state index in [-0.39, 0.29) is 0 Å². The van der Waals surface area contributed by atoms with Crippen LogP contribution in [0.1, 0.15) is 32.8 Å². The van der Waals surface area contributed by atoms with Crippen molar-refractivity contribution in [1.82, 2.24) is 10.6 Å². The van der Waals surface area contributed by atoms with Crippen LogP contribution >= 0.6 is 0 Å². The second-order valence-corrected chi connectivity index (χ2v) is 6.13. The van der Waals surface area contributed by atoms with Gasteiger partial charge in [-0.1, -0.05) is 13.8 Å². The van der Waals surface area contributed by atoms with Crippen LogP contribution in [0.4, 0.5) is 0 Å². The van der Waals surface area contributed by atoms with Gasteiger partial charge in [0.2, 0.25) is 0 Å². The van der Waals surface area contributed by atoms with Gasteiger partial charge in [0.1, 0.15) is 17.2 Å². The molecule has 6 heteroatoms. The van der Waals surface area contributed by atoms with E-state index in [4.69, 9.17) is 14.2 Å². The summed E-state index contributed by atoms with van der Waals surface area (Å²) < 4.78 is 16.3. The molecule has 0 radical (unpaired) electrons. The summed E-state index contributed by atoms with van der Waals surface area (Å²) in [5.41, 5.74) is 1.01. The lowest BCUT2D eigenvalue weighted by Crippen LogP contribution is -2.38.